The van der Waals surface area contributed by atoms with Crippen LogP contribution in [0.15, 0.2) is 42.7 Å². The number of likely N-dealkylation sites (N-methyl/N-ethyl adjacent to an activating group) is 1. The molecule has 0 bridgehead atoms. The third-order valence-electron chi connectivity index (χ3n) is 5.23. The largest absolute Gasteiger partial charge is 0.508 e. The number of aromatic nitrogens is 1. The smallest absolute Gasteiger partial charge is 0.416 e. The van der Waals surface area contributed by atoms with Crippen LogP contribution in [0, 0.1) is 0 Å². The molecule has 8 heteroatoms. The molecule has 0 saturated heterocycles. The number of halogens is 3. The van der Waals surface area contributed by atoms with E-state index in [1.165, 1.54) is 6.07 Å². The normalized spacial score (nSPS) is 18.1. The van der Waals surface area contributed by atoms with E-state index in [2.05, 4.69) is 17.2 Å². The van der Waals surface area contributed by atoms with Gasteiger partial charge in [-0.2, -0.15) is 13.2 Å². The molecule has 1 aromatic heterocycles. The molecule has 2 heterocycles. The van der Waals surface area contributed by atoms with Crippen LogP contribution < -0.4 is 5.32 Å². The SMILES string of the molecule is CCCOCC(C)NC1=CCN(C)C(c2ccc(C(F)(F)F)cc2O)c2ccncc21. The van der Waals surface area contributed by atoms with Crippen LogP contribution in [-0.4, -0.2) is 47.8 Å². The Labute approximate surface area is 180 Å². The Morgan fingerprint density at radius 1 is 1.29 bits per heavy atom. The fourth-order valence-electron chi connectivity index (χ4n) is 3.76. The highest BCUT2D eigenvalue weighted by molar-refractivity contribution is 5.69. The minimum Gasteiger partial charge on any atom is -0.508 e. The Morgan fingerprint density at radius 2 is 2.06 bits per heavy atom. The van der Waals surface area contributed by atoms with Gasteiger partial charge in [-0.1, -0.05) is 13.0 Å². The Hall–Kier alpha value is -2.58. The summed E-state index contributed by atoms with van der Waals surface area (Å²) in [5.41, 5.74) is 2.12. The van der Waals surface area contributed by atoms with Crippen molar-refractivity contribution in [1.29, 1.82) is 0 Å². The molecule has 0 aliphatic carbocycles. The first kappa shape index (κ1) is 23.1. The fourth-order valence-corrected chi connectivity index (χ4v) is 3.76. The van der Waals surface area contributed by atoms with Crippen LogP contribution >= 0.6 is 0 Å². The van der Waals surface area contributed by atoms with Gasteiger partial charge in [-0.05, 0) is 50.2 Å². The summed E-state index contributed by atoms with van der Waals surface area (Å²) in [7, 11) is 1.87. The number of hydrogen-bond donors (Lipinski definition) is 2. The molecule has 2 atom stereocenters. The molecular weight excluding hydrogens is 407 g/mol. The van der Waals surface area contributed by atoms with Crippen molar-refractivity contribution in [3.05, 3.63) is 65.0 Å². The Bertz CT molecular complexity index is 931. The minimum atomic E-state index is -4.51. The fraction of sp³-hybridized carbons (Fsp3) is 0.435. The number of pyridine rings is 1. The van der Waals surface area contributed by atoms with Crippen molar-refractivity contribution >= 4 is 5.70 Å². The van der Waals surface area contributed by atoms with E-state index in [9.17, 15) is 18.3 Å². The number of hydrogen-bond acceptors (Lipinski definition) is 5. The second-order valence-corrected chi connectivity index (χ2v) is 7.81. The average molecular weight is 435 g/mol. The van der Waals surface area contributed by atoms with Crippen molar-refractivity contribution in [2.24, 2.45) is 0 Å². The van der Waals surface area contributed by atoms with Crippen molar-refractivity contribution in [3.8, 4) is 5.75 Å². The number of benzene rings is 1. The van der Waals surface area contributed by atoms with Crippen LogP contribution in [-0.2, 0) is 10.9 Å². The summed E-state index contributed by atoms with van der Waals surface area (Å²) < 4.78 is 44.8. The zero-order valence-electron chi connectivity index (χ0n) is 17.9. The van der Waals surface area contributed by atoms with Crippen molar-refractivity contribution < 1.29 is 23.0 Å². The number of rotatable bonds is 7. The number of phenols is 1. The van der Waals surface area contributed by atoms with Crippen LogP contribution in [0.5, 0.6) is 5.75 Å². The number of nitrogens with one attached hydrogen (secondary N) is 1. The lowest BCUT2D eigenvalue weighted by molar-refractivity contribution is -0.137. The number of nitrogens with zero attached hydrogens (tertiary/aromatic N) is 2. The summed E-state index contributed by atoms with van der Waals surface area (Å²) in [6.45, 7) is 5.87. The van der Waals surface area contributed by atoms with Crippen LogP contribution in [0.1, 0.15) is 48.6 Å². The molecule has 0 spiro atoms. The lowest BCUT2D eigenvalue weighted by Gasteiger charge is -2.28. The van der Waals surface area contributed by atoms with E-state index in [1.54, 1.807) is 12.4 Å². The first-order valence-electron chi connectivity index (χ1n) is 10.3. The van der Waals surface area contributed by atoms with E-state index >= 15 is 0 Å². The molecular formula is C23H28F3N3O2. The average Bonchev–Trinajstić information content (AvgIpc) is 2.85. The maximum Gasteiger partial charge on any atom is 0.416 e. The molecule has 3 rings (SSSR count). The maximum atomic E-state index is 13.0. The van der Waals surface area contributed by atoms with Gasteiger partial charge < -0.3 is 15.2 Å². The third-order valence-corrected chi connectivity index (χ3v) is 5.23. The first-order chi connectivity index (χ1) is 14.7. The van der Waals surface area contributed by atoms with Crippen LogP contribution in [0.2, 0.25) is 0 Å². The van der Waals surface area contributed by atoms with E-state index in [1.807, 2.05) is 31.0 Å². The second kappa shape index (κ2) is 9.70. The van der Waals surface area contributed by atoms with E-state index in [0.717, 1.165) is 35.4 Å². The molecule has 5 nitrogen and oxygen atoms in total. The van der Waals surface area contributed by atoms with Gasteiger partial charge in [-0.3, -0.25) is 9.88 Å². The predicted octanol–water partition coefficient (Wildman–Crippen LogP) is 4.59. The Kier molecular flexibility index (Phi) is 7.23. The minimum absolute atomic E-state index is 0.0622. The third kappa shape index (κ3) is 5.37. The second-order valence-electron chi connectivity index (χ2n) is 7.81. The summed E-state index contributed by atoms with van der Waals surface area (Å²) in [4.78, 5) is 6.23. The van der Waals surface area contributed by atoms with Crippen LogP contribution in [0.4, 0.5) is 13.2 Å². The maximum absolute atomic E-state index is 13.0. The zero-order chi connectivity index (χ0) is 22.6. The van der Waals surface area contributed by atoms with Gasteiger partial charge in [0.05, 0.1) is 18.2 Å². The molecule has 168 valence electrons. The summed E-state index contributed by atoms with van der Waals surface area (Å²) in [5, 5.41) is 14.0. The Balaban J connectivity index is 1.95. The van der Waals surface area contributed by atoms with Gasteiger partial charge in [0.25, 0.3) is 0 Å². The summed E-state index contributed by atoms with van der Waals surface area (Å²) >= 11 is 0. The number of aromatic hydroxyl groups is 1. The van der Waals surface area contributed by atoms with Gasteiger partial charge in [0.1, 0.15) is 5.75 Å². The topological polar surface area (TPSA) is 57.6 Å². The molecule has 2 N–H and O–H groups in total. The van der Waals surface area contributed by atoms with Gasteiger partial charge in [0.2, 0.25) is 0 Å². The van der Waals surface area contributed by atoms with Crippen molar-refractivity contribution in [3.63, 3.8) is 0 Å². The molecule has 1 aromatic carbocycles. The molecule has 0 saturated carbocycles. The van der Waals surface area contributed by atoms with Gasteiger partial charge in [0, 0.05) is 48.4 Å². The van der Waals surface area contributed by atoms with Crippen molar-refractivity contribution in [1.82, 2.24) is 15.2 Å². The highest BCUT2D eigenvalue weighted by atomic mass is 19.4. The van der Waals surface area contributed by atoms with Gasteiger partial charge >= 0.3 is 6.18 Å². The van der Waals surface area contributed by atoms with Gasteiger partial charge in [-0.15, -0.1) is 0 Å². The highest BCUT2D eigenvalue weighted by Crippen LogP contribution is 2.40. The molecule has 1 aliphatic rings. The first-order valence-corrected chi connectivity index (χ1v) is 10.3. The summed E-state index contributed by atoms with van der Waals surface area (Å²) in [5.74, 6) is -0.382. The van der Waals surface area contributed by atoms with E-state index in [-0.39, 0.29) is 11.8 Å². The molecule has 1 aliphatic heterocycles. The molecule has 0 radical (unpaired) electrons. The number of phenolic OH excluding ortho intramolecular Hbond substituents is 1. The van der Waals surface area contributed by atoms with Crippen LogP contribution in [0.3, 0.4) is 0 Å². The molecule has 0 fully saturated rings. The molecule has 31 heavy (non-hydrogen) atoms. The van der Waals surface area contributed by atoms with Crippen LogP contribution in [0.25, 0.3) is 5.70 Å². The van der Waals surface area contributed by atoms with E-state index in [4.69, 9.17) is 4.74 Å². The van der Waals surface area contributed by atoms with E-state index in [0.29, 0.717) is 25.3 Å². The lowest BCUT2D eigenvalue weighted by atomic mass is 9.93. The monoisotopic (exact) mass is 435 g/mol. The number of fused-ring (bicyclic) bond motifs is 1. The predicted molar refractivity (Wildman–Crippen MR) is 114 cm³/mol. The molecule has 2 aromatic rings. The molecule has 2 unspecified atom stereocenters. The quantitative estimate of drug-likeness (QED) is 0.624. The zero-order valence-corrected chi connectivity index (χ0v) is 17.9. The standard InChI is InChI=1S/C23H28F3N3O2/c1-4-11-31-14-15(2)28-20-8-10-29(3)22(17-7-9-27-13-19(17)20)18-6-5-16(12-21(18)30)23(24,25)26/h5-9,12-13,15,22,28,30H,4,10-11,14H2,1-3H3. The van der Waals surface area contributed by atoms with Gasteiger partial charge in [0.15, 0.2) is 0 Å². The summed E-state index contributed by atoms with van der Waals surface area (Å²) in [6, 6.07) is 4.62. The number of alkyl halides is 3. The van der Waals surface area contributed by atoms with Gasteiger partial charge in [-0.25, -0.2) is 0 Å². The highest BCUT2D eigenvalue weighted by Gasteiger charge is 2.33. The Morgan fingerprint density at radius 3 is 2.74 bits per heavy atom. The van der Waals surface area contributed by atoms with E-state index < -0.39 is 17.8 Å². The van der Waals surface area contributed by atoms with Crippen molar-refractivity contribution in [2.75, 3.05) is 26.8 Å². The lowest BCUT2D eigenvalue weighted by Crippen LogP contribution is -2.29. The van der Waals surface area contributed by atoms with Crippen molar-refractivity contribution in [2.45, 2.75) is 38.5 Å². The molecule has 0 amide bonds. The number of ether oxygens (including phenoxy) is 1. The summed E-state index contributed by atoms with van der Waals surface area (Å²) in [6.07, 6.45) is 1.85.